The van der Waals surface area contributed by atoms with Crippen LogP contribution in [0.25, 0.3) is 0 Å². The minimum Gasteiger partial charge on any atom is -0.481 e. The zero-order chi connectivity index (χ0) is 11.8. The third-order valence-electron chi connectivity index (χ3n) is 3.43. The van der Waals surface area contributed by atoms with Crippen molar-refractivity contribution >= 4 is 5.97 Å². The van der Waals surface area contributed by atoms with Gasteiger partial charge in [-0.2, -0.15) is 0 Å². The predicted molar refractivity (Wildman–Crippen MR) is 65.6 cm³/mol. The van der Waals surface area contributed by atoms with E-state index in [1.807, 2.05) is 0 Å². The quantitative estimate of drug-likeness (QED) is 0.648. The summed E-state index contributed by atoms with van der Waals surface area (Å²) in [4.78, 5) is 12.9. The lowest BCUT2D eigenvalue weighted by atomic mass is 10.0. The van der Waals surface area contributed by atoms with Crippen LogP contribution in [-0.4, -0.2) is 35.6 Å². The second-order valence-corrected chi connectivity index (χ2v) is 4.95. The second kappa shape index (κ2) is 7.66. The van der Waals surface area contributed by atoms with Crippen molar-refractivity contribution in [3.05, 3.63) is 0 Å². The van der Waals surface area contributed by atoms with Crippen LogP contribution in [-0.2, 0) is 4.79 Å². The maximum Gasteiger partial charge on any atom is 0.303 e. The molecule has 0 saturated carbocycles. The van der Waals surface area contributed by atoms with E-state index in [4.69, 9.17) is 5.11 Å². The number of carbonyl (C=O) groups is 1. The summed E-state index contributed by atoms with van der Waals surface area (Å²) in [6.45, 7) is 5.95. The molecule has 0 aromatic carbocycles. The number of carboxylic acids is 1. The molecule has 1 fully saturated rings. The van der Waals surface area contributed by atoms with Gasteiger partial charge in [0.2, 0.25) is 0 Å². The van der Waals surface area contributed by atoms with Crippen molar-refractivity contribution in [2.45, 2.75) is 51.9 Å². The van der Waals surface area contributed by atoms with E-state index in [2.05, 4.69) is 11.8 Å². The highest BCUT2D eigenvalue weighted by atomic mass is 16.4. The van der Waals surface area contributed by atoms with Crippen molar-refractivity contribution < 1.29 is 9.90 Å². The molecule has 1 heterocycles. The van der Waals surface area contributed by atoms with E-state index in [1.54, 1.807) is 0 Å². The smallest absolute Gasteiger partial charge is 0.303 e. The number of unbranched alkanes of at least 4 members (excludes halogenated alkanes) is 2. The average molecular weight is 227 g/mol. The highest BCUT2D eigenvalue weighted by molar-refractivity contribution is 5.66. The molecule has 1 unspecified atom stereocenters. The molecule has 0 aromatic heterocycles. The van der Waals surface area contributed by atoms with Gasteiger partial charge < -0.3 is 10.0 Å². The lowest BCUT2D eigenvalue weighted by molar-refractivity contribution is -0.137. The summed E-state index contributed by atoms with van der Waals surface area (Å²) >= 11 is 0. The van der Waals surface area contributed by atoms with Gasteiger partial charge in [-0.3, -0.25) is 4.79 Å². The first kappa shape index (κ1) is 13.5. The summed E-state index contributed by atoms with van der Waals surface area (Å²) in [7, 11) is 0. The molecule has 1 aliphatic heterocycles. The number of hydrogen-bond acceptors (Lipinski definition) is 2. The van der Waals surface area contributed by atoms with Gasteiger partial charge in [-0.1, -0.05) is 19.8 Å². The zero-order valence-corrected chi connectivity index (χ0v) is 10.5. The van der Waals surface area contributed by atoms with Crippen molar-refractivity contribution in [1.82, 2.24) is 4.90 Å². The molecular weight excluding hydrogens is 202 g/mol. The first-order valence-electron chi connectivity index (χ1n) is 6.66. The van der Waals surface area contributed by atoms with Crippen LogP contribution in [0.2, 0.25) is 0 Å². The second-order valence-electron chi connectivity index (χ2n) is 4.95. The molecule has 16 heavy (non-hydrogen) atoms. The van der Waals surface area contributed by atoms with E-state index in [0.717, 1.165) is 25.2 Å². The molecule has 0 amide bonds. The normalized spacial score (nSPS) is 21.4. The summed E-state index contributed by atoms with van der Waals surface area (Å²) in [6.07, 6.45) is 7.42. The van der Waals surface area contributed by atoms with E-state index in [1.165, 1.54) is 38.9 Å². The SMILES string of the molecule is CCCC1CCN(CCCCCC(=O)O)C1. The van der Waals surface area contributed by atoms with Crippen molar-refractivity contribution in [2.24, 2.45) is 5.92 Å². The minimum absolute atomic E-state index is 0.332. The Labute approximate surface area is 98.8 Å². The van der Waals surface area contributed by atoms with Gasteiger partial charge in [-0.25, -0.2) is 0 Å². The third kappa shape index (κ3) is 5.50. The van der Waals surface area contributed by atoms with Gasteiger partial charge in [0, 0.05) is 13.0 Å². The van der Waals surface area contributed by atoms with Crippen LogP contribution in [0.5, 0.6) is 0 Å². The Morgan fingerprint density at radius 1 is 1.38 bits per heavy atom. The largest absolute Gasteiger partial charge is 0.481 e. The summed E-state index contributed by atoms with van der Waals surface area (Å²) < 4.78 is 0. The van der Waals surface area contributed by atoms with Crippen LogP contribution in [0.3, 0.4) is 0 Å². The number of rotatable bonds is 8. The predicted octanol–water partition coefficient (Wildman–Crippen LogP) is 2.75. The van der Waals surface area contributed by atoms with Crippen molar-refractivity contribution in [3.63, 3.8) is 0 Å². The molecule has 1 N–H and O–H groups in total. The Morgan fingerprint density at radius 3 is 2.88 bits per heavy atom. The fourth-order valence-corrected chi connectivity index (χ4v) is 2.55. The van der Waals surface area contributed by atoms with Gasteiger partial charge >= 0.3 is 5.97 Å². The molecule has 0 bridgehead atoms. The summed E-state index contributed by atoms with van der Waals surface area (Å²) in [6, 6.07) is 0. The van der Waals surface area contributed by atoms with Crippen LogP contribution in [0.1, 0.15) is 51.9 Å². The number of nitrogens with zero attached hydrogens (tertiary/aromatic N) is 1. The molecule has 1 rings (SSSR count). The van der Waals surface area contributed by atoms with Crippen molar-refractivity contribution in [2.75, 3.05) is 19.6 Å². The van der Waals surface area contributed by atoms with Gasteiger partial charge in [-0.05, 0) is 44.7 Å². The maximum absolute atomic E-state index is 10.3. The minimum atomic E-state index is -0.663. The standard InChI is InChI=1S/C13H25NO2/c1-2-6-12-8-10-14(11-12)9-5-3-4-7-13(15)16/h12H,2-11H2,1H3,(H,15,16). The number of hydrogen-bond donors (Lipinski definition) is 1. The van der Waals surface area contributed by atoms with Crippen LogP contribution < -0.4 is 0 Å². The number of carboxylic acid groups (broad SMARTS) is 1. The Bertz CT molecular complexity index is 206. The van der Waals surface area contributed by atoms with Gasteiger partial charge in [0.05, 0.1) is 0 Å². The lowest BCUT2D eigenvalue weighted by Gasteiger charge is -2.15. The molecule has 0 aromatic rings. The third-order valence-corrected chi connectivity index (χ3v) is 3.43. The Morgan fingerprint density at radius 2 is 2.19 bits per heavy atom. The highest BCUT2D eigenvalue weighted by Crippen LogP contribution is 2.21. The monoisotopic (exact) mass is 227 g/mol. The molecule has 1 aliphatic rings. The average Bonchev–Trinajstić information content (AvgIpc) is 2.65. The molecule has 94 valence electrons. The van der Waals surface area contributed by atoms with Crippen LogP contribution in [0.15, 0.2) is 0 Å². The van der Waals surface area contributed by atoms with Crippen molar-refractivity contribution in [1.29, 1.82) is 0 Å². The van der Waals surface area contributed by atoms with E-state index in [9.17, 15) is 4.79 Å². The van der Waals surface area contributed by atoms with Crippen LogP contribution in [0, 0.1) is 5.92 Å². The van der Waals surface area contributed by atoms with E-state index in [0.29, 0.717) is 6.42 Å². The summed E-state index contributed by atoms with van der Waals surface area (Å²) in [5.74, 6) is 0.258. The Hall–Kier alpha value is -0.570. The fraction of sp³-hybridized carbons (Fsp3) is 0.923. The van der Waals surface area contributed by atoms with Crippen LogP contribution in [0.4, 0.5) is 0 Å². The Kier molecular flexibility index (Phi) is 6.46. The number of likely N-dealkylation sites (tertiary alicyclic amines) is 1. The topological polar surface area (TPSA) is 40.5 Å². The van der Waals surface area contributed by atoms with Gasteiger partial charge in [0.1, 0.15) is 0 Å². The lowest BCUT2D eigenvalue weighted by Crippen LogP contribution is -2.21. The zero-order valence-electron chi connectivity index (χ0n) is 10.5. The molecule has 0 spiro atoms. The summed E-state index contributed by atoms with van der Waals surface area (Å²) in [5, 5.41) is 8.51. The molecule has 3 heteroatoms. The first-order valence-corrected chi connectivity index (χ1v) is 6.66. The van der Waals surface area contributed by atoms with Gasteiger partial charge in [0.15, 0.2) is 0 Å². The van der Waals surface area contributed by atoms with Crippen molar-refractivity contribution in [3.8, 4) is 0 Å². The molecule has 1 atom stereocenters. The fourth-order valence-electron chi connectivity index (χ4n) is 2.55. The van der Waals surface area contributed by atoms with E-state index < -0.39 is 5.97 Å². The molecule has 3 nitrogen and oxygen atoms in total. The molecular formula is C13H25NO2. The van der Waals surface area contributed by atoms with Gasteiger partial charge in [0.25, 0.3) is 0 Å². The summed E-state index contributed by atoms with van der Waals surface area (Å²) in [5.41, 5.74) is 0. The number of aliphatic carboxylic acids is 1. The van der Waals surface area contributed by atoms with E-state index >= 15 is 0 Å². The first-order chi connectivity index (χ1) is 7.72. The molecule has 0 radical (unpaired) electrons. The van der Waals surface area contributed by atoms with E-state index in [-0.39, 0.29) is 0 Å². The van der Waals surface area contributed by atoms with Gasteiger partial charge in [-0.15, -0.1) is 0 Å². The molecule has 1 saturated heterocycles. The highest BCUT2D eigenvalue weighted by Gasteiger charge is 2.20. The Balaban J connectivity index is 1.96. The van der Waals surface area contributed by atoms with Crippen LogP contribution >= 0.6 is 0 Å². The maximum atomic E-state index is 10.3. The molecule has 0 aliphatic carbocycles.